The summed E-state index contributed by atoms with van der Waals surface area (Å²) >= 11 is 0. The number of rotatable bonds is 6. The maximum Gasteiger partial charge on any atom is 0.246 e. The highest BCUT2D eigenvalue weighted by molar-refractivity contribution is 5.93. The average Bonchev–Trinajstić information content (AvgIpc) is 3.31. The molecule has 2 heterocycles. The summed E-state index contributed by atoms with van der Waals surface area (Å²) in [7, 11) is 5.66. The minimum Gasteiger partial charge on any atom is -0.350 e. The fourth-order valence-corrected chi connectivity index (χ4v) is 4.45. The molecule has 1 unspecified atom stereocenters. The monoisotopic (exact) mass is 437 g/mol. The van der Waals surface area contributed by atoms with Gasteiger partial charge in [-0.2, -0.15) is 0 Å². The number of aryl methyl sites for hydroxylation is 1. The maximum absolute atomic E-state index is 11.9. The first-order chi connectivity index (χ1) is 14.5. The molecule has 0 saturated carbocycles. The van der Waals surface area contributed by atoms with Crippen LogP contribution in [0.25, 0.3) is 17.0 Å². The van der Waals surface area contributed by atoms with Crippen LogP contribution >= 0.6 is 12.4 Å². The number of likely N-dealkylation sites (tertiary alicyclic amines) is 1. The largest absolute Gasteiger partial charge is 0.350 e. The number of halogens is 1. The molecule has 31 heavy (non-hydrogen) atoms. The quantitative estimate of drug-likeness (QED) is 0.520. The molecule has 0 bridgehead atoms. The summed E-state index contributed by atoms with van der Waals surface area (Å²) in [5.74, 6) is 0.696. The fourth-order valence-electron chi connectivity index (χ4n) is 4.45. The molecule has 1 amide bonds. The minimum atomic E-state index is 0. The molecule has 1 aliphatic heterocycles. The Balaban J connectivity index is 0.00000272. The van der Waals surface area contributed by atoms with Crippen LogP contribution in [0.1, 0.15) is 23.1 Å². The summed E-state index contributed by atoms with van der Waals surface area (Å²) in [5.41, 5.74) is 5.13. The Kier molecular flexibility index (Phi) is 7.58. The van der Waals surface area contributed by atoms with E-state index in [1.807, 2.05) is 6.08 Å². The lowest BCUT2D eigenvalue weighted by Gasteiger charge is -2.16. The lowest BCUT2D eigenvalue weighted by Crippen LogP contribution is -2.20. The zero-order valence-electron chi connectivity index (χ0n) is 18.6. The van der Waals surface area contributed by atoms with Gasteiger partial charge in [0.05, 0.1) is 0 Å². The Hall–Kier alpha value is -2.56. The van der Waals surface area contributed by atoms with Gasteiger partial charge in [-0.05, 0) is 60.2 Å². The first-order valence-electron chi connectivity index (χ1n) is 10.7. The number of benzene rings is 2. The first-order valence-corrected chi connectivity index (χ1v) is 10.7. The van der Waals surface area contributed by atoms with Crippen molar-refractivity contribution in [3.8, 4) is 0 Å². The topological polar surface area (TPSA) is 28.5 Å². The van der Waals surface area contributed by atoms with Crippen molar-refractivity contribution < 1.29 is 4.79 Å². The Morgan fingerprint density at radius 1 is 1.16 bits per heavy atom. The van der Waals surface area contributed by atoms with Crippen molar-refractivity contribution in [2.45, 2.75) is 19.4 Å². The highest BCUT2D eigenvalue weighted by Crippen LogP contribution is 2.28. The number of hydrogen-bond acceptors (Lipinski definition) is 2. The van der Waals surface area contributed by atoms with Gasteiger partial charge in [0, 0.05) is 57.4 Å². The summed E-state index contributed by atoms with van der Waals surface area (Å²) in [6, 6.07) is 17.2. The molecule has 1 aliphatic rings. The van der Waals surface area contributed by atoms with E-state index in [2.05, 4.69) is 71.2 Å². The molecule has 0 radical (unpaired) electrons. The summed E-state index contributed by atoms with van der Waals surface area (Å²) < 4.78 is 2.22. The van der Waals surface area contributed by atoms with Crippen LogP contribution in [0.5, 0.6) is 0 Å². The summed E-state index contributed by atoms with van der Waals surface area (Å²) in [5, 5.41) is 1.30. The predicted molar refractivity (Wildman–Crippen MR) is 131 cm³/mol. The van der Waals surface area contributed by atoms with E-state index >= 15 is 0 Å². The zero-order chi connectivity index (χ0) is 21.1. The molecule has 0 spiro atoms. The standard InChI is InChI=1S/C26H31N3O.ClH/c1-27(2)26(30)12-10-20-9-11-25-24(16-20)23(19-28(25)3)15-22-13-14-29(18-22)17-21-7-5-4-6-8-21;/h4-12,16,19,22H,13-15,17-18H2,1-3H3;1H/b12-10+;. The second-order valence-corrected chi connectivity index (χ2v) is 8.69. The molecule has 164 valence electrons. The second kappa shape index (κ2) is 10.2. The summed E-state index contributed by atoms with van der Waals surface area (Å²) in [4.78, 5) is 16.0. The molecule has 4 rings (SSSR count). The Labute approximate surface area is 191 Å². The van der Waals surface area contributed by atoms with Crippen LogP contribution in [0.4, 0.5) is 0 Å². The lowest BCUT2D eigenvalue weighted by molar-refractivity contribution is -0.123. The van der Waals surface area contributed by atoms with E-state index in [4.69, 9.17) is 0 Å². The molecule has 2 aromatic carbocycles. The Bertz CT molecular complexity index is 1060. The molecule has 1 atom stereocenters. The molecule has 5 heteroatoms. The molecular formula is C26H32ClN3O. The van der Waals surface area contributed by atoms with Gasteiger partial charge in [-0.1, -0.05) is 36.4 Å². The molecule has 0 N–H and O–H groups in total. The minimum absolute atomic E-state index is 0. The van der Waals surface area contributed by atoms with E-state index in [0.717, 1.165) is 25.1 Å². The van der Waals surface area contributed by atoms with Crippen LogP contribution in [-0.2, 0) is 24.8 Å². The molecule has 1 saturated heterocycles. The zero-order valence-corrected chi connectivity index (χ0v) is 19.4. The molecule has 3 aromatic rings. The third-order valence-electron chi connectivity index (χ3n) is 6.08. The number of carbonyl (C=O) groups excluding carboxylic acids is 1. The SMILES string of the molecule is CN(C)C(=O)/C=C/c1ccc2c(c1)c(CC1CCN(Cc3ccccc3)C1)cn2C.Cl. The van der Waals surface area contributed by atoms with E-state index in [1.54, 1.807) is 25.1 Å². The third-order valence-corrected chi connectivity index (χ3v) is 6.08. The van der Waals surface area contributed by atoms with E-state index in [9.17, 15) is 4.79 Å². The summed E-state index contributed by atoms with van der Waals surface area (Å²) in [6.07, 6.45) is 8.19. The van der Waals surface area contributed by atoms with Gasteiger partial charge in [0.2, 0.25) is 5.91 Å². The van der Waals surface area contributed by atoms with Gasteiger partial charge in [-0.15, -0.1) is 12.4 Å². The Morgan fingerprint density at radius 3 is 2.68 bits per heavy atom. The van der Waals surface area contributed by atoms with Gasteiger partial charge in [-0.3, -0.25) is 9.69 Å². The first kappa shape index (κ1) is 23.1. The van der Waals surface area contributed by atoms with E-state index < -0.39 is 0 Å². The van der Waals surface area contributed by atoms with Gasteiger partial charge >= 0.3 is 0 Å². The van der Waals surface area contributed by atoms with Crippen molar-refractivity contribution >= 4 is 35.3 Å². The van der Waals surface area contributed by atoms with Gasteiger partial charge in [0.25, 0.3) is 0 Å². The van der Waals surface area contributed by atoms with Crippen LogP contribution in [0.2, 0.25) is 0 Å². The fraction of sp³-hybridized carbons (Fsp3) is 0.346. The maximum atomic E-state index is 11.9. The number of aromatic nitrogens is 1. The number of nitrogens with zero attached hydrogens (tertiary/aromatic N) is 3. The molecule has 1 fully saturated rings. The average molecular weight is 438 g/mol. The van der Waals surface area contributed by atoms with Crippen LogP contribution in [-0.4, -0.2) is 47.5 Å². The van der Waals surface area contributed by atoms with Crippen molar-refractivity contribution in [1.82, 2.24) is 14.4 Å². The number of hydrogen-bond donors (Lipinski definition) is 0. The Morgan fingerprint density at radius 2 is 1.94 bits per heavy atom. The highest BCUT2D eigenvalue weighted by Gasteiger charge is 2.23. The van der Waals surface area contributed by atoms with Gasteiger partial charge in [0.1, 0.15) is 0 Å². The third kappa shape index (κ3) is 5.57. The molecule has 1 aromatic heterocycles. The number of fused-ring (bicyclic) bond motifs is 1. The van der Waals surface area contributed by atoms with E-state index in [0.29, 0.717) is 5.92 Å². The van der Waals surface area contributed by atoms with Crippen molar-refractivity contribution in [2.24, 2.45) is 13.0 Å². The van der Waals surface area contributed by atoms with Crippen molar-refractivity contribution in [3.05, 3.63) is 77.5 Å². The van der Waals surface area contributed by atoms with E-state index in [1.165, 1.54) is 35.0 Å². The van der Waals surface area contributed by atoms with Crippen molar-refractivity contribution in [1.29, 1.82) is 0 Å². The second-order valence-electron chi connectivity index (χ2n) is 8.69. The summed E-state index contributed by atoms with van der Waals surface area (Å²) in [6.45, 7) is 3.37. The predicted octanol–water partition coefficient (Wildman–Crippen LogP) is 4.77. The smallest absolute Gasteiger partial charge is 0.246 e. The van der Waals surface area contributed by atoms with Crippen LogP contribution < -0.4 is 0 Å². The van der Waals surface area contributed by atoms with Crippen molar-refractivity contribution in [2.75, 3.05) is 27.2 Å². The number of carbonyl (C=O) groups is 1. The van der Waals surface area contributed by atoms with Crippen LogP contribution in [0.3, 0.4) is 0 Å². The lowest BCUT2D eigenvalue weighted by atomic mass is 9.97. The number of amides is 1. The molecule has 0 aliphatic carbocycles. The highest BCUT2D eigenvalue weighted by atomic mass is 35.5. The van der Waals surface area contributed by atoms with Gasteiger partial charge in [0.15, 0.2) is 0 Å². The van der Waals surface area contributed by atoms with Crippen LogP contribution in [0, 0.1) is 5.92 Å². The van der Waals surface area contributed by atoms with Crippen molar-refractivity contribution in [3.63, 3.8) is 0 Å². The normalized spacial score (nSPS) is 16.7. The molecular weight excluding hydrogens is 406 g/mol. The van der Waals surface area contributed by atoms with Gasteiger partial charge in [-0.25, -0.2) is 0 Å². The number of likely N-dealkylation sites (N-methyl/N-ethyl adjacent to an activating group) is 1. The van der Waals surface area contributed by atoms with Crippen LogP contribution in [0.15, 0.2) is 60.8 Å². The van der Waals surface area contributed by atoms with Gasteiger partial charge < -0.3 is 9.47 Å². The molecule has 4 nitrogen and oxygen atoms in total. The van der Waals surface area contributed by atoms with E-state index in [-0.39, 0.29) is 18.3 Å².